The molecule has 19 heavy (non-hydrogen) atoms. The first-order valence-electron chi connectivity index (χ1n) is 6.44. The van der Waals surface area contributed by atoms with Crippen LogP contribution in [0.25, 0.3) is 0 Å². The summed E-state index contributed by atoms with van der Waals surface area (Å²) in [6.45, 7) is 4.12. The second-order valence-corrected chi connectivity index (χ2v) is 4.77. The molecule has 0 radical (unpaired) electrons. The van der Waals surface area contributed by atoms with Crippen molar-refractivity contribution in [3.05, 3.63) is 62.8 Å². The number of benzene rings is 1. The first-order valence-corrected chi connectivity index (χ1v) is 6.44. The highest BCUT2D eigenvalue weighted by Crippen LogP contribution is 2.07. The zero-order valence-corrected chi connectivity index (χ0v) is 11.4. The SMILES string of the molecule is Cc1ccc(CCc2nc(C)c(CN)c(=O)[nH]2)cc1. The van der Waals surface area contributed by atoms with Gasteiger partial charge in [0.15, 0.2) is 0 Å². The number of nitrogens with zero attached hydrogens (tertiary/aromatic N) is 1. The molecule has 2 rings (SSSR count). The van der Waals surface area contributed by atoms with Gasteiger partial charge in [-0.3, -0.25) is 4.79 Å². The number of aromatic nitrogens is 2. The number of aromatic amines is 1. The highest BCUT2D eigenvalue weighted by molar-refractivity contribution is 5.22. The molecule has 0 amide bonds. The molecule has 0 saturated carbocycles. The Morgan fingerprint density at radius 2 is 1.84 bits per heavy atom. The summed E-state index contributed by atoms with van der Waals surface area (Å²) >= 11 is 0. The predicted octanol–water partition coefficient (Wildman–Crippen LogP) is 1.63. The molecule has 1 heterocycles. The summed E-state index contributed by atoms with van der Waals surface area (Å²) in [6.07, 6.45) is 1.59. The monoisotopic (exact) mass is 257 g/mol. The average Bonchev–Trinajstić information content (AvgIpc) is 2.38. The van der Waals surface area contributed by atoms with Crippen LogP contribution in [0, 0.1) is 13.8 Å². The number of H-pyrrole nitrogens is 1. The summed E-state index contributed by atoms with van der Waals surface area (Å²) < 4.78 is 0. The van der Waals surface area contributed by atoms with Crippen LogP contribution in [0.4, 0.5) is 0 Å². The lowest BCUT2D eigenvalue weighted by molar-refractivity contribution is 0.812. The molecular weight excluding hydrogens is 238 g/mol. The van der Waals surface area contributed by atoms with Gasteiger partial charge in [-0.15, -0.1) is 0 Å². The molecule has 1 aromatic heterocycles. The van der Waals surface area contributed by atoms with E-state index in [1.807, 2.05) is 6.92 Å². The number of rotatable bonds is 4. The van der Waals surface area contributed by atoms with E-state index in [0.29, 0.717) is 5.56 Å². The maximum atomic E-state index is 11.8. The molecule has 0 bridgehead atoms. The van der Waals surface area contributed by atoms with Crippen molar-refractivity contribution in [2.75, 3.05) is 0 Å². The fourth-order valence-electron chi connectivity index (χ4n) is 2.04. The van der Waals surface area contributed by atoms with E-state index in [2.05, 4.69) is 41.2 Å². The third-order valence-corrected chi connectivity index (χ3v) is 3.25. The first kappa shape index (κ1) is 13.5. The number of aryl methyl sites for hydroxylation is 4. The fraction of sp³-hybridized carbons (Fsp3) is 0.333. The molecular formula is C15H19N3O. The lowest BCUT2D eigenvalue weighted by atomic mass is 10.1. The van der Waals surface area contributed by atoms with Crippen molar-refractivity contribution < 1.29 is 0 Å². The van der Waals surface area contributed by atoms with Crippen LogP contribution in [0.15, 0.2) is 29.1 Å². The molecule has 4 nitrogen and oxygen atoms in total. The van der Waals surface area contributed by atoms with Crippen molar-refractivity contribution >= 4 is 0 Å². The summed E-state index contributed by atoms with van der Waals surface area (Å²) in [7, 11) is 0. The van der Waals surface area contributed by atoms with Gasteiger partial charge in [-0.05, 0) is 25.8 Å². The van der Waals surface area contributed by atoms with Crippen LogP contribution in [-0.2, 0) is 19.4 Å². The van der Waals surface area contributed by atoms with E-state index >= 15 is 0 Å². The van der Waals surface area contributed by atoms with Gasteiger partial charge in [0.2, 0.25) is 0 Å². The molecule has 0 aliphatic heterocycles. The van der Waals surface area contributed by atoms with Gasteiger partial charge in [0.1, 0.15) is 5.82 Å². The second-order valence-electron chi connectivity index (χ2n) is 4.77. The minimum absolute atomic E-state index is 0.117. The smallest absolute Gasteiger partial charge is 0.255 e. The molecule has 0 atom stereocenters. The third-order valence-electron chi connectivity index (χ3n) is 3.25. The molecule has 1 aromatic carbocycles. The van der Waals surface area contributed by atoms with Crippen molar-refractivity contribution in [2.45, 2.75) is 33.2 Å². The largest absolute Gasteiger partial charge is 0.326 e. The molecule has 0 aliphatic rings. The molecule has 0 fully saturated rings. The van der Waals surface area contributed by atoms with Gasteiger partial charge in [-0.25, -0.2) is 4.98 Å². The van der Waals surface area contributed by atoms with E-state index in [-0.39, 0.29) is 12.1 Å². The van der Waals surface area contributed by atoms with E-state index in [1.165, 1.54) is 11.1 Å². The van der Waals surface area contributed by atoms with Crippen LogP contribution in [0.1, 0.15) is 28.2 Å². The van der Waals surface area contributed by atoms with E-state index in [9.17, 15) is 4.79 Å². The lowest BCUT2D eigenvalue weighted by Gasteiger charge is -2.06. The predicted molar refractivity (Wildman–Crippen MR) is 76.1 cm³/mol. The summed E-state index contributed by atoms with van der Waals surface area (Å²) in [6, 6.07) is 8.39. The maximum Gasteiger partial charge on any atom is 0.255 e. The van der Waals surface area contributed by atoms with Gasteiger partial charge in [-0.1, -0.05) is 29.8 Å². The minimum Gasteiger partial charge on any atom is -0.326 e. The number of hydrogen-bond acceptors (Lipinski definition) is 3. The zero-order chi connectivity index (χ0) is 13.8. The maximum absolute atomic E-state index is 11.8. The summed E-state index contributed by atoms with van der Waals surface area (Å²) in [5.74, 6) is 0.722. The van der Waals surface area contributed by atoms with Crippen LogP contribution in [-0.4, -0.2) is 9.97 Å². The first-order chi connectivity index (χ1) is 9.10. The van der Waals surface area contributed by atoms with E-state index in [0.717, 1.165) is 24.4 Å². The molecule has 4 heteroatoms. The molecule has 2 aromatic rings. The molecule has 3 N–H and O–H groups in total. The van der Waals surface area contributed by atoms with Gasteiger partial charge in [0, 0.05) is 18.7 Å². The van der Waals surface area contributed by atoms with Crippen molar-refractivity contribution in [1.82, 2.24) is 9.97 Å². The van der Waals surface area contributed by atoms with Gasteiger partial charge in [0.05, 0.1) is 5.56 Å². The minimum atomic E-state index is -0.117. The Balaban J connectivity index is 2.12. The standard InChI is InChI=1S/C15H19N3O/c1-10-3-5-12(6-4-10)7-8-14-17-11(2)13(9-16)15(19)18-14/h3-6H,7-9,16H2,1-2H3,(H,17,18,19). The quantitative estimate of drug-likeness (QED) is 0.874. The molecule has 0 unspecified atom stereocenters. The van der Waals surface area contributed by atoms with Gasteiger partial charge >= 0.3 is 0 Å². The van der Waals surface area contributed by atoms with E-state index in [4.69, 9.17) is 5.73 Å². The summed E-state index contributed by atoms with van der Waals surface area (Å²) in [5.41, 5.74) is 9.19. The highest BCUT2D eigenvalue weighted by atomic mass is 16.1. The molecule has 0 spiro atoms. The van der Waals surface area contributed by atoms with E-state index < -0.39 is 0 Å². The Bertz CT molecular complexity index is 614. The second kappa shape index (κ2) is 5.80. The highest BCUT2D eigenvalue weighted by Gasteiger charge is 2.06. The van der Waals surface area contributed by atoms with Crippen LogP contribution >= 0.6 is 0 Å². The zero-order valence-electron chi connectivity index (χ0n) is 11.4. The van der Waals surface area contributed by atoms with Crippen molar-refractivity contribution in [3.8, 4) is 0 Å². The number of nitrogens with two attached hydrogens (primary N) is 1. The van der Waals surface area contributed by atoms with Crippen LogP contribution in [0.2, 0.25) is 0 Å². The fourth-order valence-corrected chi connectivity index (χ4v) is 2.04. The molecule has 0 saturated heterocycles. The number of nitrogens with one attached hydrogen (secondary N) is 1. The van der Waals surface area contributed by atoms with Crippen LogP contribution < -0.4 is 11.3 Å². The van der Waals surface area contributed by atoms with E-state index in [1.54, 1.807) is 0 Å². The Kier molecular flexibility index (Phi) is 4.12. The summed E-state index contributed by atoms with van der Waals surface area (Å²) in [4.78, 5) is 19.0. The van der Waals surface area contributed by atoms with Crippen molar-refractivity contribution in [2.24, 2.45) is 5.73 Å². The Morgan fingerprint density at radius 1 is 1.16 bits per heavy atom. The van der Waals surface area contributed by atoms with Gasteiger partial charge in [-0.2, -0.15) is 0 Å². The van der Waals surface area contributed by atoms with Crippen molar-refractivity contribution in [1.29, 1.82) is 0 Å². The molecule has 100 valence electrons. The van der Waals surface area contributed by atoms with Crippen molar-refractivity contribution in [3.63, 3.8) is 0 Å². The van der Waals surface area contributed by atoms with Gasteiger partial charge < -0.3 is 10.7 Å². The Hall–Kier alpha value is -1.94. The lowest BCUT2D eigenvalue weighted by Crippen LogP contribution is -2.21. The number of hydrogen-bond donors (Lipinski definition) is 2. The topological polar surface area (TPSA) is 71.8 Å². The Labute approximate surface area is 112 Å². The average molecular weight is 257 g/mol. The Morgan fingerprint density at radius 3 is 2.42 bits per heavy atom. The van der Waals surface area contributed by atoms with Crippen LogP contribution in [0.3, 0.4) is 0 Å². The summed E-state index contributed by atoms with van der Waals surface area (Å²) in [5, 5.41) is 0. The normalized spacial score (nSPS) is 10.7. The molecule has 0 aliphatic carbocycles. The van der Waals surface area contributed by atoms with Gasteiger partial charge in [0.25, 0.3) is 5.56 Å². The van der Waals surface area contributed by atoms with Crippen LogP contribution in [0.5, 0.6) is 0 Å². The third kappa shape index (κ3) is 3.29.